The Hall–Kier alpha value is -1.67. The molecule has 1 heterocycles. The van der Waals surface area contributed by atoms with Gasteiger partial charge in [-0.2, -0.15) is 0 Å². The molecule has 1 fully saturated rings. The largest absolute Gasteiger partial charge is 0.493 e. The number of nitrogens with zero attached hydrogens (tertiary/aromatic N) is 1. The normalized spacial score (nSPS) is 16.7. The van der Waals surface area contributed by atoms with Crippen molar-refractivity contribution >= 4 is 73.7 Å². The van der Waals surface area contributed by atoms with E-state index in [1.54, 1.807) is 44.6 Å². The minimum Gasteiger partial charge on any atom is -0.493 e. The highest BCUT2D eigenvalue weighted by Gasteiger charge is 2.24. The van der Waals surface area contributed by atoms with E-state index < -0.39 is 0 Å². The molecule has 0 spiro atoms. The molecule has 2 aromatic carbocycles. The first kappa shape index (κ1) is 20.1. The number of carbonyl (C=O) groups is 1. The number of carbonyl (C=O) groups excluding carboxylic acids is 1. The van der Waals surface area contributed by atoms with Gasteiger partial charge in [-0.25, -0.2) is 4.99 Å². The van der Waals surface area contributed by atoms with Crippen LogP contribution in [0.25, 0.3) is 6.08 Å². The summed E-state index contributed by atoms with van der Waals surface area (Å²) in [4.78, 5) is 17.2. The predicted molar refractivity (Wildman–Crippen MR) is 115 cm³/mol. The Bertz CT molecular complexity index is 979. The number of rotatable bonds is 4. The molecule has 1 saturated heterocycles. The lowest BCUT2D eigenvalue weighted by Gasteiger charge is -2.10. The van der Waals surface area contributed by atoms with E-state index in [9.17, 15) is 4.79 Å². The number of methoxy groups -OCH3 is 2. The molecule has 0 atom stereocenters. The maximum atomic E-state index is 12.3. The molecule has 0 radical (unpaired) electrons. The fraction of sp³-hybridized carbons (Fsp3) is 0.111. The molecule has 1 amide bonds. The van der Waals surface area contributed by atoms with Crippen molar-refractivity contribution in [3.8, 4) is 11.5 Å². The third kappa shape index (κ3) is 4.43. The number of hydrogen-bond donors (Lipinski definition) is 1. The highest BCUT2D eigenvalue weighted by molar-refractivity contribution is 9.10. The molecule has 0 bridgehead atoms. The average molecular weight is 488 g/mol. The number of thioether (sulfide) groups is 1. The number of halogens is 3. The number of aliphatic imine (C=N–C) groups is 1. The van der Waals surface area contributed by atoms with E-state index in [-0.39, 0.29) is 5.91 Å². The van der Waals surface area contributed by atoms with Crippen LogP contribution in [0.1, 0.15) is 5.56 Å². The molecule has 3 rings (SSSR count). The van der Waals surface area contributed by atoms with E-state index in [0.29, 0.717) is 37.3 Å². The lowest BCUT2D eigenvalue weighted by atomic mass is 10.2. The van der Waals surface area contributed by atoms with E-state index in [4.69, 9.17) is 32.7 Å². The van der Waals surface area contributed by atoms with Gasteiger partial charge in [-0.3, -0.25) is 4.79 Å². The Morgan fingerprint density at radius 2 is 2.00 bits per heavy atom. The van der Waals surface area contributed by atoms with Crippen molar-refractivity contribution in [3.05, 3.63) is 55.3 Å². The van der Waals surface area contributed by atoms with Gasteiger partial charge in [0.05, 0.1) is 39.3 Å². The average Bonchev–Trinajstić information content (AvgIpc) is 2.97. The summed E-state index contributed by atoms with van der Waals surface area (Å²) in [5.41, 5.74) is 1.27. The number of amides is 1. The van der Waals surface area contributed by atoms with Crippen LogP contribution in [-0.4, -0.2) is 25.3 Å². The van der Waals surface area contributed by atoms with Gasteiger partial charge in [0.15, 0.2) is 16.7 Å². The molecule has 1 aliphatic rings. The Morgan fingerprint density at radius 3 is 2.70 bits per heavy atom. The van der Waals surface area contributed by atoms with Gasteiger partial charge in [0.1, 0.15) is 0 Å². The number of amidine groups is 1. The zero-order chi connectivity index (χ0) is 19.6. The monoisotopic (exact) mass is 486 g/mol. The topological polar surface area (TPSA) is 59.9 Å². The molecule has 0 aliphatic carbocycles. The zero-order valence-corrected chi connectivity index (χ0v) is 18.1. The molecule has 5 nitrogen and oxygen atoms in total. The minimum atomic E-state index is -0.247. The Kier molecular flexibility index (Phi) is 6.37. The summed E-state index contributed by atoms with van der Waals surface area (Å²) in [6, 6.07) is 8.76. The van der Waals surface area contributed by atoms with Crippen LogP contribution >= 0.6 is 50.9 Å². The lowest BCUT2D eigenvalue weighted by molar-refractivity contribution is -0.115. The summed E-state index contributed by atoms with van der Waals surface area (Å²) in [5.74, 6) is 0.894. The van der Waals surface area contributed by atoms with Gasteiger partial charge >= 0.3 is 0 Å². The summed E-state index contributed by atoms with van der Waals surface area (Å²) >= 11 is 16.8. The molecule has 0 saturated carbocycles. The van der Waals surface area contributed by atoms with Gasteiger partial charge in [-0.05, 0) is 63.6 Å². The van der Waals surface area contributed by atoms with E-state index in [2.05, 4.69) is 26.2 Å². The first-order valence-electron chi connectivity index (χ1n) is 7.58. The molecule has 9 heteroatoms. The van der Waals surface area contributed by atoms with Crippen LogP contribution in [-0.2, 0) is 4.79 Å². The molecule has 0 aromatic heterocycles. The first-order chi connectivity index (χ1) is 12.9. The Balaban J connectivity index is 1.91. The van der Waals surface area contributed by atoms with Crippen molar-refractivity contribution in [3.63, 3.8) is 0 Å². The molecule has 27 heavy (non-hydrogen) atoms. The predicted octanol–water partition coefficient (Wildman–Crippen LogP) is 5.66. The third-order valence-electron chi connectivity index (χ3n) is 3.56. The van der Waals surface area contributed by atoms with Crippen LogP contribution in [0.3, 0.4) is 0 Å². The van der Waals surface area contributed by atoms with Crippen molar-refractivity contribution in [2.24, 2.45) is 4.99 Å². The molecular formula is C18H13BrCl2N2O3S. The second kappa shape index (κ2) is 8.56. The van der Waals surface area contributed by atoms with Gasteiger partial charge in [-0.15, -0.1) is 0 Å². The molecule has 140 valence electrons. The summed E-state index contributed by atoms with van der Waals surface area (Å²) in [7, 11) is 3.11. The highest BCUT2D eigenvalue weighted by Crippen LogP contribution is 2.38. The summed E-state index contributed by atoms with van der Waals surface area (Å²) < 4.78 is 11.4. The number of hydrogen-bond acceptors (Lipinski definition) is 5. The van der Waals surface area contributed by atoms with E-state index in [1.807, 2.05) is 6.07 Å². The zero-order valence-electron chi connectivity index (χ0n) is 14.2. The number of ether oxygens (including phenoxy) is 2. The van der Waals surface area contributed by atoms with Crippen molar-refractivity contribution in [1.29, 1.82) is 0 Å². The van der Waals surface area contributed by atoms with Crippen LogP contribution in [0.4, 0.5) is 5.69 Å². The van der Waals surface area contributed by atoms with Gasteiger partial charge in [-0.1, -0.05) is 29.3 Å². The smallest absolute Gasteiger partial charge is 0.264 e. The Labute approximate surface area is 178 Å². The van der Waals surface area contributed by atoms with Gasteiger partial charge in [0.25, 0.3) is 5.91 Å². The van der Waals surface area contributed by atoms with Crippen molar-refractivity contribution in [1.82, 2.24) is 5.32 Å². The van der Waals surface area contributed by atoms with Crippen LogP contribution in [0.15, 0.2) is 44.7 Å². The summed E-state index contributed by atoms with van der Waals surface area (Å²) in [6.45, 7) is 0. The molecule has 1 aliphatic heterocycles. The van der Waals surface area contributed by atoms with Crippen LogP contribution in [0.2, 0.25) is 10.0 Å². The summed E-state index contributed by atoms with van der Waals surface area (Å²) in [5, 5.41) is 3.88. The maximum Gasteiger partial charge on any atom is 0.264 e. The Morgan fingerprint density at radius 1 is 1.22 bits per heavy atom. The fourth-order valence-corrected chi connectivity index (χ4v) is 4.14. The SMILES string of the molecule is COc1cc(/C=C2/SC(=Nc3cccc(Cl)c3Cl)NC2=O)cc(Br)c1OC. The fourth-order valence-electron chi connectivity index (χ4n) is 2.34. The highest BCUT2D eigenvalue weighted by atomic mass is 79.9. The van der Waals surface area contributed by atoms with Crippen molar-refractivity contribution < 1.29 is 14.3 Å². The van der Waals surface area contributed by atoms with Gasteiger partial charge in [0.2, 0.25) is 0 Å². The summed E-state index contributed by atoms with van der Waals surface area (Å²) in [6.07, 6.45) is 1.74. The van der Waals surface area contributed by atoms with Crippen LogP contribution < -0.4 is 14.8 Å². The maximum absolute atomic E-state index is 12.3. The van der Waals surface area contributed by atoms with Crippen molar-refractivity contribution in [2.45, 2.75) is 0 Å². The molecule has 2 aromatic rings. The van der Waals surface area contributed by atoms with Gasteiger partial charge < -0.3 is 14.8 Å². The first-order valence-corrected chi connectivity index (χ1v) is 9.94. The second-order valence-electron chi connectivity index (χ2n) is 5.29. The van der Waals surface area contributed by atoms with Crippen molar-refractivity contribution in [2.75, 3.05) is 14.2 Å². The van der Waals surface area contributed by atoms with E-state index in [0.717, 1.165) is 10.0 Å². The molecule has 1 N–H and O–H groups in total. The second-order valence-corrected chi connectivity index (χ2v) is 7.96. The van der Waals surface area contributed by atoms with E-state index in [1.165, 1.54) is 11.8 Å². The standard InChI is InChI=1S/C18H13BrCl2N2O3S/c1-25-13-7-9(6-10(19)16(13)26-2)8-14-17(24)23-18(27-14)22-12-5-3-4-11(20)15(12)21/h3-8H,1-2H3,(H,22,23,24)/b14-8+. The minimum absolute atomic E-state index is 0.247. The van der Waals surface area contributed by atoms with Crippen LogP contribution in [0.5, 0.6) is 11.5 Å². The van der Waals surface area contributed by atoms with Crippen LogP contribution in [0, 0.1) is 0 Å². The molecular weight excluding hydrogens is 475 g/mol. The quantitative estimate of drug-likeness (QED) is 0.565. The molecule has 0 unspecified atom stereocenters. The number of nitrogens with one attached hydrogen (secondary N) is 1. The number of benzene rings is 2. The lowest BCUT2D eigenvalue weighted by Crippen LogP contribution is -2.19. The third-order valence-corrected chi connectivity index (χ3v) is 5.87. The van der Waals surface area contributed by atoms with E-state index >= 15 is 0 Å². The van der Waals surface area contributed by atoms with Gasteiger partial charge in [0, 0.05) is 0 Å².